The van der Waals surface area contributed by atoms with Gasteiger partial charge in [0.15, 0.2) is 23.0 Å². The van der Waals surface area contributed by atoms with Crippen molar-refractivity contribution in [2.24, 2.45) is 0 Å². The first kappa shape index (κ1) is 13.5. The van der Waals surface area contributed by atoms with Crippen LogP contribution in [0.3, 0.4) is 0 Å². The van der Waals surface area contributed by atoms with E-state index in [1.54, 1.807) is 0 Å². The molecule has 0 fully saturated rings. The molecule has 0 saturated carbocycles. The van der Waals surface area contributed by atoms with Crippen LogP contribution in [0.1, 0.15) is 23.5 Å². The first-order valence-electron chi connectivity index (χ1n) is 7.91. The number of carbonyl (C=O) groups excluding carboxylic acids is 1. The Kier molecular flexibility index (Phi) is 2.85. The van der Waals surface area contributed by atoms with E-state index >= 15 is 0 Å². The second kappa shape index (κ2) is 5.06. The summed E-state index contributed by atoms with van der Waals surface area (Å²) in [4.78, 5) is 12.2. The van der Waals surface area contributed by atoms with Gasteiger partial charge in [0, 0.05) is 24.1 Å². The second-order valence-electron chi connectivity index (χ2n) is 6.00. The number of anilines is 1. The lowest BCUT2D eigenvalue weighted by molar-refractivity contribution is -0.116. The van der Waals surface area contributed by atoms with Crippen LogP contribution in [-0.2, 0) is 4.79 Å². The van der Waals surface area contributed by atoms with Gasteiger partial charge in [-0.25, -0.2) is 0 Å². The van der Waals surface area contributed by atoms with Crippen LogP contribution in [0, 0.1) is 0 Å². The Balaban J connectivity index is 1.61. The van der Waals surface area contributed by atoms with Crippen LogP contribution in [0.4, 0.5) is 5.69 Å². The van der Waals surface area contributed by atoms with E-state index in [1.807, 2.05) is 30.3 Å². The van der Waals surface area contributed by atoms with Gasteiger partial charge in [-0.2, -0.15) is 0 Å². The predicted molar refractivity (Wildman–Crippen MR) is 85.1 cm³/mol. The molecule has 3 aliphatic heterocycles. The summed E-state index contributed by atoms with van der Waals surface area (Å²) in [5.41, 5.74) is 2.82. The largest absolute Gasteiger partial charge is 0.486 e. The molecule has 0 spiro atoms. The smallest absolute Gasteiger partial charge is 0.231 e. The van der Waals surface area contributed by atoms with Gasteiger partial charge in [0.05, 0.1) is 0 Å². The van der Waals surface area contributed by atoms with Gasteiger partial charge in [-0.3, -0.25) is 4.79 Å². The van der Waals surface area contributed by atoms with Crippen LogP contribution in [0.2, 0.25) is 0 Å². The summed E-state index contributed by atoms with van der Waals surface area (Å²) in [5.74, 6) is 2.79. The highest BCUT2D eigenvalue weighted by atomic mass is 16.7. The Morgan fingerprint density at radius 1 is 0.875 bits per heavy atom. The van der Waals surface area contributed by atoms with E-state index in [9.17, 15) is 4.79 Å². The van der Waals surface area contributed by atoms with Crippen molar-refractivity contribution in [1.29, 1.82) is 0 Å². The summed E-state index contributed by atoms with van der Waals surface area (Å²) in [6, 6.07) is 9.64. The van der Waals surface area contributed by atoms with Crippen molar-refractivity contribution in [3.63, 3.8) is 0 Å². The number of rotatable bonds is 1. The molecular weight excluding hydrogens is 310 g/mol. The zero-order valence-corrected chi connectivity index (χ0v) is 12.8. The second-order valence-corrected chi connectivity index (χ2v) is 6.00. The highest BCUT2D eigenvalue weighted by Crippen LogP contribution is 2.45. The SMILES string of the molecule is O=C1C[C@H](c2ccc3c(c2)OCO3)c2cc3c(cc2N1)OCCO3. The van der Waals surface area contributed by atoms with Crippen molar-refractivity contribution in [1.82, 2.24) is 0 Å². The highest BCUT2D eigenvalue weighted by molar-refractivity contribution is 5.96. The van der Waals surface area contributed by atoms with Crippen LogP contribution in [0.25, 0.3) is 0 Å². The minimum Gasteiger partial charge on any atom is -0.486 e. The van der Waals surface area contributed by atoms with Gasteiger partial charge in [0.25, 0.3) is 0 Å². The van der Waals surface area contributed by atoms with Crippen LogP contribution in [0.15, 0.2) is 30.3 Å². The van der Waals surface area contributed by atoms with E-state index < -0.39 is 0 Å². The molecule has 1 atom stereocenters. The van der Waals surface area contributed by atoms with Gasteiger partial charge in [-0.15, -0.1) is 0 Å². The summed E-state index contributed by atoms with van der Waals surface area (Å²) in [7, 11) is 0. The molecule has 6 heteroatoms. The Labute approximate surface area is 138 Å². The molecule has 0 aliphatic carbocycles. The summed E-state index contributed by atoms with van der Waals surface area (Å²) < 4.78 is 22.1. The fourth-order valence-corrected chi connectivity index (χ4v) is 3.42. The van der Waals surface area contributed by atoms with Crippen molar-refractivity contribution in [3.05, 3.63) is 41.5 Å². The summed E-state index contributed by atoms with van der Waals surface area (Å²) >= 11 is 0. The van der Waals surface area contributed by atoms with Gasteiger partial charge in [0.1, 0.15) is 13.2 Å². The van der Waals surface area contributed by atoms with Crippen molar-refractivity contribution in [2.45, 2.75) is 12.3 Å². The Hall–Kier alpha value is -2.89. The fourth-order valence-electron chi connectivity index (χ4n) is 3.42. The molecule has 0 unspecified atom stereocenters. The number of amides is 1. The van der Waals surface area contributed by atoms with Crippen LogP contribution < -0.4 is 24.3 Å². The maximum Gasteiger partial charge on any atom is 0.231 e. The van der Waals surface area contributed by atoms with Gasteiger partial charge in [-0.05, 0) is 29.3 Å². The third-order valence-electron chi connectivity index (χ3n) is 4.55. The van der Waals surface area contributed by atoms with E-state index in [0.717, 1.165) is 34.1 Å². The number of carbonyl (C=O) groups is 1. The number of ether oxygens (including phenoxy) is 4. The summed E-state index contributed by atoms with van der Waals surface area (Å²) in [6.45, 7) is 1.29. The molecule has 122 valence electrons. The van der Waals surface area contributed by atoms with Crippen LogP contribution in [0.5, 0.6) is 23.0 Å². The molecule has 24 heavy (non-hydrogen) atoms. The van der Waals surface area contributed by atoms with Crippen LogP contribution in [-0.4, -0.2) is 25.9 Å². The average molecular weight is 325 g/mol. The summed E-state index contributed by atoms with van der Waals surface area (Å²) in [5, 5.41) is 2.93. The first-order chi connectivity index (χ1) is 11.8. The van der Waals surface area contributed by atoms with Crippen LogP contribution >= 0.6 is 0 Å². The fraction of sp³-hybridized carbons (Fsp3) is 0.278. The van der Waals surface area contributed by atoms with E-state index in [2.05, 4.69) is 5.32 Å². The third-order valence-corrected chi connectivity index (χ3v) is 4.55. The number of fused-ring (bicyclic) bond motifs is 3. The molecule has 0 radical (unpaired) electrons. The number of benzene rings is 2. The minimum atomic E-state index is -0.0564. The monoisotopic (exact) mass is 325 g/mol. The Morgan fingerprint density at radius 3 is 2.50 bits per heavy atom. The lowest BCUT2D eigenvalue weighted by Gasteiger charge is -2.29. The summed E-state index contributed by atoms with van der Waals surface area (Å²) in [6.07, 6.45) is 0.381. The van der Waals surface area contributed by atoms with Crippen molar-refractivity contribution in [3.8, 4) is 23.0 Å². The minimum absolute atomic E-state index is 0.0122. The molecule has 3 heterocycles. The Bertz CT molecular complexity index is 848. The number of hydrogen-bond acceptors (Lipinski definition) is 5. The molecule has 0 saturated heterocycles. The molecule has 2 aromatic carbocycles. The Morgan fingerprint density at radius 2 is 1.62 bits per heavy atom. The van der Waals surface area contributed by atoms with E-state index in [1.165, 1.54) is 0 Å². The number of hydrogen-bond donors (Lipinski definition) is 1. The standard InChI is InChI=1S/C18H15NO5/c20-18-7-11(10-1-2-14-15(5-10)24-9-23-14)12-6-16-17(8-13(12)19-18)22-4-3-21-16/h1-2,5-6,8,11H,3-4,7,9H2,(H,19,20)/t11-/m1/s1. The molecule has 6 nitrogen and oxygen atoms in total. The normalized spacial score (nSPS) is 20.3. The van der Waals surface area contributed by atoms with Crippen molar-refractivity contribution >= 4 is 11.6 Å². The lowest BCUT2D eigenvalue weighted by atomic mass is 9.84. The molecule has 1 N–H and O–H groups in total. The van der Waals surface area contributed by atoms with Gasteiger partial charge < -0.3 is 24.3 Å². The molecule has 2 aromatic rings. The van der Waals surface area contributed by atoms with E-state index in [0.29, 0.717) is 25.4 Å². The van der Waals surface area contributed by atoms with Gasteiger partial charge in [-0.1, -0.05) is 6.07 Å². The molecule has 0 bridgehead atoms. The van der Waals surface area contributed by atoms with Gasteiger partial charge in [0.2, 0.25) is 12.7 Å². The topological polar surface area (TPSA) is 66.0 Å². The predicted octanol–water partition coefficient (Wildman–Crippen LogP) is 2.66. The maximum absolute atomic E-state index is 12.2. The zero-order valence-electron chi connectivity index (χ0n) is 12.8. The third kappa shape index (κ3) is 2.06. The molecule has 3 aliphatic rings. The number of nitrogens with one attached hydrogen (secondary N) is 1. The van der Waals surface area contributed by atoms with E-state index in [-0.39, 0.29) is 18.6 Å². The first-order valence-corrected chi connectivity index (χ1v) is 7.91. The molecular formula is C18H15NO5. The average Bonchev–Trinajstić information content (AvgIpc) is 3.07. The van der Waals surface area contributed by atoms with Gasteiger partial charge >= 0.3 is 0 Å². The van der Waals surface area contributed by atoms with Crippen molar-refractivity contribution < 1.29 is 23.7 Å². The maximum atomic E-state index is 12.2. The van der Waals surface area contributed by atoms with Crippen molar-refractivity contribution in [2.75, 3.05) is 25.3 Å². The zero-order chi connectivity index (χ0) is 16.1. The molecule has 1 amide bonds. The quantitative estimate of drug-likeness (QED) is 0.873. The molecule has 0 aromatic heterocycles. The van der Waals surface area contributed by atoms with E-state index in [4.69, 9.17) is 18.9 Å². The highest BCUT2D eigenvalue weighted by Gasteiger charge is 2.30. The lowest BCUT2D eigenvalue weighted by Crippen LogP contribution is -2.24. The molecule has 5 rings (SSSR count).